The van der Waals surface area contributed by atoms with Crippen LogP contribution >= 0.6 is 11.8 Å². The third-order valence-corrected chi connectivity index (χ3v) is 4.55. The van der Waals surface area contributed by atoms with Crippen LogP contribution in [0.5, 0.6) is 0 Å². The summed E-state index contributed by atoms with van der Waals surface area (Å²) in [6.45, 7) is 0. The summed E-state index contributed by atoms with van der Waals surface area (Å²) in [5.41, 5.74) is -2.90. The van der Waals surface area contributed by atoms with Crippen LogP contribution in [0.3, 0.4) is 0 Å². The molecule has 26 heavy (non-hydrogen) atoms. The van der Waals surface area contributed by atoms with E-state index in [4.69, 9.17) is 0 Å². The maximum absolute atomic E-state index is 12.8. The number of hydrogen-bond acceptors (Lipinski definition) is 2. The first-order valence-electron chi connectivity index (χ1n) is 7.53. The zero-order chi connectivity index (χ0) is 19.4. The van der Waals surface area contributed by atoms with E-state index < -0.39 is 23.5 Å². The predicted molar refractivity (Wildman–Crippen MR) is 86.9 cm³/mol. The molecule has 0 unspecified atom stereocenters. The molecule has 0 saturated carbocycles. The summed E-state index contributed by atoms with van der Waals surface area (Å²) in [5.74, 6) is -0.139. The van der Waals surface area contributed by atoms with Crippen LogP contribution in [0.25, 0.3) is 0 Å². The fourth-order valence-electron chi connectivity index (χ4n) is 2.20. The Bertz CT molecular complexity index is 720. The SMILES string of the molecule is O=C(CCc1cc(C(F)(F)F)cc(C(F)(F)F)c1)CSc1ccccc1. The number of alkyl halides is 6. The van der Waals surface area contributed by atoms with E-state index in [1.165, 1.54) is 11.8 Å². The van der Waals surface area contributed by atoms with Crippen molar-refractivity contribution in [2.45, 2.75) is 30.1 Å². The molecule has 0 saturated heterocycles. The van der Waals surface area contributed by atoms with Crippen LogP contribution in [0.4, 0.5) is 26.3 Å². The number of halogens is 6. The van der Waals surface area contributed by atoms with Gasteiger partial charge in [-0.05, 0) is 42.3 Å². The van der Waals surface area contributed by atoms with Crippen LogP contribution in [0.1, 0.15) is 23.1 Å². The van der Waals surface area contributed by atoms with Gasteiger partial charge in [0, 0.05) is 11.3 Å². The minimum atomic E-state index is -4.89. The minimum absolute atomic E-state index is 0.0799. The van der Waals surface area contributed by atoms with Gasteiger partial charge in [-0.1, -0.05) is 18.2 Å². The maximum Gasteiger partial charge on any atom is 0.416 e. The third kappa shape index (κ3) is 6.09. The standard InChI is InChI=1S/C18H14F6OS/c19-17(20,21)13-8-12(9-14(10-13)18(22,23)24)6-7-15(25)11-26-16-4-2-1-3-5-16/h1-5,8-10H,6-7,11H2. The van der Waals surface area contributed by atoms with Crippen molar-refractivity contribution in [1.29, 1.82) is 0 Å². The molecule has 0 aliphatic rings. The lowest BCUT2D eigenvalue weighted by Crippen LogP contribution is -2.12. The number of Topliss-reactive ketones (excluding diaryl/α,β-unsaturated/α-hetero) is 1. The molecule has 0 N–H and O–H groups in total. The third-order valence-electron chi connectivity index (χ3n) is 3.48. The Morgan fingerprint density at radius 3 is 1.88 bits per heavy atom. The molecule has 0 aromatic heterocycles. The van der Waals surface area contributed by atoms with Gasteiger partial charge in [-0.25, -0.2) is 0 Å². The number of benzene rings is 2. The van der Waals surface area contributed by atoms with E-state index in [2.05, 4.69) is 0 Å². The Balaban J connectivity index is 2.05. The summed E-state index contributed by atoms with van der Waals surface area (Å²) in [6, 6.07) is 10.4. The molecule has 2 aromatic carbocycles. The molecule has 1 nitrogen and oxygen atoms in total. The number of carbonyl (C=O) groups is 1. The molecule has 0 radical (unpaired) electrons. The van der Waals surface area contributed by atoms with Gasteiger partial charge in [-0.15, -0.1) is 11.8 Å². The van der Waals surface area contributed by atoms with Gasteiger partial charge < -0.3 is 0 Å². The number of rotatable bonds is 6. The van der Waals surface area contributed by atoms with Gasteiger partial charge in [0.1, 0.15) is 5.78 Å². The summed E-state index contributed by atoms with van der Waals surface area (Å²) in [5, 5.41) is 0. The molecule has 0 fully saturated rings. The highest BCUT2D eigenvalue weighted by molar-refractivity contribution is 8.00. The largest absolute Gasteiger partial charge is 0.416 e. The summed E-state index contributed by atoms with van der Waals surface area (Å²) < 4.78 is 76.8. The fraction of sp³-hybridized carbons (Fsp3) is 0.278. The molecule has 0 spiro atoms. The summed E-state index contributed by atoms with van der Waals surface area (Å²) >= 11 is 1.27. The van der Waals surface area contributed by atoms with Gasteiger partial charge in [0.25, 0.3) is 0 Å². The quantitative estimate of drug-likeness (QED) is 0.442. The molecule has 0 bridgehead atoms. The predicted octanol–water partition coefficient (Wildman–Crippen LogP) is 6.02. The summed E-state index contributed by atoms with van der Waals surface area (Å²) in [6.07, 6.45) is -10.1. The van der Waals surface area contributed by atoms with Gasteiger partial charge in [0.2, 0.25) is 0 Å². The Labute approximate surface area is 150 Å². The Morgan fingerprint density at radius 1 is 0.846 bits per heavy atom. The first-order valence-corrected chi connectivity index (χ1v) is 8.52. The van der Waals surface area contributed by atoms with Crippen LogP contribution in [-0.2, 0) is 23.6 Å². The molecule has 0 heterocycles. The van der Waals surface area contributed by atoms with Crippen LogP contribution in [-0.4, -0.2) is 11.5 Å². The van der Waals surface area contributed by atoms with E-state index in [1.54, 1.807) is 24.3 Å². The monoisotopic (exact) mass is 392 g/mol. The highest BCUT2D eigenvalue weighted by Gasteiger charge is 2.36. The Hall–Kier alpha value is -1.96. The molecule has 2 aromatic rings. The Kier molecular flexibility index (Phi) is 6.39. The van der Waals surface area contributed by atoms with Crippen molar-refractivity contribution in [3.05, 3.63) is 65.2 Å². The van der Waals surface area contributed by atoms with Crippen LogP contribution in [0, 0.1) is 0 Å². The lowest BCUT2D eigenvalue weighted by molar-refractivity contribution is -0.143. The lowest BCUT2D eigenvalue weighted by Gasteiger charge is -2.14. The number of aryl methyl sites for hydroxylation is 1. The molecule has 0 aliphatic carbocycles. The number of hydrogen-bond donors (Lipinski definition) is 0. The highest BCUT2D eigenvalue weighted by Crippen LogP contribution is 2.36. The van der Waals surface area contributed by atoms with Crippen LogP contribution in [0.15, 0.2) is 53.4 Å². The van der Waals surface area contributed by atoms with Crippen molar-refractivity contribution in [3.8, 4) is 0 Å². The number of ketones is 1. The van der Waals surface area contributed by atoms with Crippen molar-refractivity contribution < 1.29 is 31.1 Å². The Morgan fingerprint density at radius 2 is 1.38 bits per heavy atom. The van der Waals surface area contributed by atoms with E-state index in [0.717, 1.165) is 4.90 Å². The van der Waals surface area contributed by atoms with Crippen molar-refractivity contribution in [3.63, 3.8) is 0 Å². The molecular weight excluding hydrogens is 378 g/mol. The molecule has 140 valence electrons. The van der Waals surface area contributed by atoms with Crippen LogP contribution < -0.4 is 0 Å². The second-order valence-electron chi connectivity index (χ2n) is 5.55. The van der Waals surface area contributed by atoms with E-state index in [1.807, 2.05) is 6.07 Å². The van der Waals surface area contributed by atoms with Crippen molar-refractivity contribution >= 4 is 17.5 Å². The first-order chi connectivity index (χ1) is 12.1. The van der Waals surface area contributed by atoms with Gasteiger partial charge in [0.15, 0.2) is 0 Å². The lowest BCUT2D eigenvalue weighted by atomic mass is 10.0. The smallest absolute Gasteiger partial charge is 0.299 e. The van der Waals surface area contributed by atoms with Gasteiger partial charge in [0.05, 0.1) is 16.9 Å². The van der Waals surface area contributed by atoms with Gasteiger partial charge in [-0.2, -0.15) is 26.3 Å². The molecule has 0 amide bonds. The average Bonchev–Trinajstić information content (AvgIpc) is 2.57. The molecule has 2 rings (SSSR count). The summed E-state index contributed by atoms with van der Waals surface area (Å²) in [4.78, 5) is 12.7. The number of thioether (sulfide) groups is 1. The normalized spacial score (nSPS) is 12.2. The van der Waals surface area contributed by atoms with Crippen molar-refractivity contribution in [2.24, 2.45) is 0 Å². The fourth-order valence-corrected chi connectivity index (χ4v) is 3.02. The van der Waals surface area contributed by atoms with E-state index in [0.29, 0.717) is 12.1 Å². The second kappa shape index (κ2) is 8.16. The van der Waals surface area contributed by atoms with Gasteiger partial charge in [-0.3, -0.25) is 4.79 Å². The molecule has 0 atom stereocenters. The van der Waals surface area contributed by atoms with Crippen molar-refractivity contribution in [2.75, 3.05) is 5.75 Å². The number of carbonyl (C=O) groups excluding carboxylic acids is 1. The topological polar surface area (TPSA) is 17.1 Å². The highest BCUT2D eigenvalue weighted by atomic mass is 32.2. The maximum atomic E-state index is 12.8. The zero-order valence-electron chi connectivity index (χ0n) is 13.3. The average molecular weight is 392 g/mol. The van der Waals surface area contributed by atoms with E-state index in [-0.39, 0.29) is 36.0 Å². The summed E-state index contributed by atoms with van der Waals surface area (Å²) in [7, 11) is 0. The van der Waals surface area contributed by atoms with Crippen LogP contribution in [0.2, 0.25) is 0 Å². The van der Waals surface area contributed by atoms with E-state index >= 15 is 0 Å². The first kappa shape index (κ1) is 20.4. The second-order valence-corrected chi connectivity index (χ2v) is 6.60. The zero-order valence-corrected chi connectivity index (χ0v) is 14.1. The molecule has 0 aliphatic heterocycles. The van der Waals surface area contributed by atoms with Crippen molar-refractivity contribution in [1.82, 2.24) is 0 Å². The van der Waals surface area contributed by atoms with E-state index in [9.17, 15) is 31.1 Å². The molecule has 8 heteroatoms. The minimum Gasteiger partial charge on any atom is -0.299 e. The molecular formula is C18H14F6OS. The van der Waals surface area contributed by atoms with Gasteiger partial charge >= 0.3 is 12.4 Å².